The van der Waals surface area contributed by atoms with Gasteiger partial charge in [-0.1, -0.05) is 11.6 Å². The lowest BCUT2D eigenvalue weighted by Crippen LogP contribution is -2.35. The van der Waals surface area contributed by atoms with Crippen LogP contribution in [0.3, 0.4) is 0 Å². The van der Waals surface area contributed by atoms with Crippen LogP contribution in [0, 0.1) is 23.1 Å². The van der Waals surface area contributed by atoms with Gasteiger partial charge < -0.3 is 26.9 Å². The van der Waals surface area contributed by atoms with Gasteiger partial charge in [0, 0.05) is 37.1 Å². The summed E-state index contributed by atoms with van der Waals surface area (Å²) in [6.07, 6.45) is 4.43. The average Bonchev–Trinajstić information content (AvgIpc) is 3.38. The van der Waals surface area contributed by atoms with E-state index in [1.165, 1.54) is 22.9 Å². The summed E-state index contributed by atoms with van der Waals surface area (Å²) in [4.78, 5) is 13.1. The number of anilines is 2. The standard InChI is InChI=1S/C24H30ClFN6O2/c1-12(27)6-19(29-2)24(34)10-14-7-13(8-15(14)11-24)21-20(22(28)32(3)31-21)23(33)30-16-4-5-18(26)17(25)9-16/h4-6,9,13-15,27,29,34H,7-8,10-11,28H2,1-3H3,(H,30,33)/b19-6-,27-12?. The summed E-state index contributed by atoms with van der Waals surface area (Å²) in [6.45, 7) is 1.68. The predicted molar refractivity (Wildman–Crippen MR) is 131 cm³/mol. The van der Waals surface area contributed by atoms with Crippen molar-refractivity contribution in [1.82, 2.24) is 15.1 Å². The second-order valence-corrected chi connectivity index (χ2v) is 9.88. The van der Waals surface area contributed by atoms with Gasteiger partial charge >= 0.3 is 0 Å². The molecule has 8 nitrogen and oxygen atoms in total. The van der Waals surface area contributed by atoms with Crippen molar-refractivity contribution in [3.05, 3.63) is 52.1 Å². The molecule has 2 aliphatic rings. The molecule has 2 saturated carbocycles. The van der Waals surface area contributed by atoms with Gasteiger partial charge in [-0.05, 0) is 68.7 Å². The van der Waals surface area contributed by atoms with Crippen LogP contribution < -0.4 is 16.4 Å². The Hall–Kier alpha value is -2.91. The molecule has 2 fully saturated rings. The van der Waals surface area contributed by atoms with Gasteiger partial charge in [0.05, 0.1) is 10.7 Å². The number of likely N-dealkylation sites (N-methyl/N-ethyl adjacent to an activating group) is 1. The molecule has 1 aromatic heterocycles. The highest BCUT2D eigenvalue weighted by Gasteiger charge is 2.51. The minimum Gasteiger partial charge on any atom is -0.389 e. The summed E-state index contributed by atoms with van der Waals surface area (Å²) in [5.74, 6) is -0.145. The zero-order chi connectivity index (χ0) is 24.8. The highest BCUT2D eigenvalue weighted by atomic mass is 35.5. The number of halogens is 2. The predicted octanol–water partition coefficient (Wildman–Crippen LogP) is 3.82. The van der Waals surface area contributed by atoms with E-state index in [9.17, 15) is 14.3 Å². The zero-order valence-electron chi connectivity index (χ0n) is 19.5. The van der Waals surface area contributed by atoms with Crippen molar-refractivity contribution in [2.45, 2.75) is 44.1 Å². The van der Waals surface area contributed by atoms with Crippen LogP contribution in [-0.2, 0) is 7.05 Å². The van der Waals surface area contributed by atoms with Crippen LogP contribution in [0.4, 0.5) is 15.9 Å². The van der Waals surface area contributed by atoms with E-state index in [2.05, 4.69) is 15.7 Å². The maximum absolute atomic E-state index is 13.5. The number of carbonyl (C=O) groups is 1. The molecular weight excluding hydrogens is 459 g/mol. The Labute approximate surface area is 202 Å². The summed E-state index contributed by atoms with van der Waals surface area (Å²) >= 11 is 5.84. The molecule has 1 heterocycles. The fourth-order valence-electron chi connectivity index (χ4n) is 5.61. The van der Waals surface area contributed by atoms with Crippen LogP contribution in [0.1, 0.15) is 54.6 Å². The average molecular weight is 489 g/mol. The van der Waals surface area contributed by atoms with E-state index in [-0.39, 0.29) is 28.6 Å². The van der Waals surface area contributed by atoms with Gasteiger partial charge in [0.1, 0.15) is 22.8 Å². The highest BCUT2D eigenvalue weighted by molar-refractivity contribution is 6.31. The van der Waals surface area contributed by atoms with Crippen LogP contribution >= 0.6 is 11.6 Å². The lowest BCUT2D eigenvalue weighted by atomic mass is 9.89. The molecule has 1 aromatic carbocycles. The molecule has 0 spiro atoms. The fraction of sp³-hybridized carbons (Fsp3) is 0.458. The van der Waals surface area contributed by atoms with Crippen LogP contribution in [0.5, 0.6) is 0 Å². The number of rotatable bonds is 6. The van der Waals surface area contributed by atoms with Gasteiger partial charge in [-0.2, -0.15) is 5.10 Å². The monoisotopic (exact) mass is 488 g/mol. The Morgan fingerprint density at radius 2 is 2.03 bits per heavy atom. The number of nitrogens with zero attached hydrogens (tertiary/aromatic N) is 2. The number of fused-ring (bicyclic) bond motifs is 1. The summed E-state index contributed by atoms with van der Waals surface area (Å²) in [5.41, 5.74) is 7.62. The van der Waals surface area contributed by atoms with E-state index in [4.69, 9.17) is 22.7 Å². The van der Waals surface area contributed by atoms with Gasteiger partial charge in [-0.3, -0.25) is 9.48 Å². The molecule has 2 aromatic rings. The van der Waals surface area contributed by atoms with Crippen molar-refractivity contribution in [2.24, 2.45) is 18.9 Å². The molecule has 1 amide bonds. The van der Waals surface area contributed by atoms with E-state index >= 15 is 0 Å². The number of aliphatic hydroxyl groups is 1. The SMILES string of the molecule is CN/C(=C\C(C)=N)C1(O)CC2CC(c3nn(C)c(N)c3C(=O)Nc3ccc(F)c(Cl)c3)CC2C1. The van der Waals surface area contributed by atoms with E-state index in [1.54, 1.807) is 27.1 Å². The normalized spacial score (nSPS) is 26.4. The van der Waals surface area contributed by atoms with Crippen LogP contribution in [0.15, 0.2) is 30.0 Å². The number of nitrogen functional groups attached to an aromatic ring is 1. The number of nitrogens with one attached hydrogen (secondary N) is 3. The van der Waals surface area contributed by atoms with E-state index in [0.717, 1.165) is 12.8 Å². The van der Waals surface area contributed by atoms with Gasteiger partial charge in [0.15, 0.2) is 0 Å². The van der Waals surface area contributed by atoms with Crippen molar-refractivity contribution >= 4 is 34.7 Å². The number of allylic oxidation sites excluding steroid dienone is 1. The topological polar surface area (TPSA) is 129 Å². The summed E-state index contributed by atoms with van der Waals surface area (Å²) in [5, 5.41) is 29.4. The highest BCUT2D eigenvalue weighted by Crippen LogP contribution is 2.55. The van der Waals surface area contributed by atoms with Crippen molar-refractivity contribution in [3.8, 4) is 0 Å². The third-order valence-electron chi connectivity index (χ3n) is 7.08. The van der Waals surface area contributed by atoms with Crippen molar-refractivity contribution in [3.63, 3.8) is 0 Å². The number of hydrogen-bond acceptors (Lipinski definition) is 6. The molecular formula is C24H30ClFN6O2. The largest absolute Gasteiger partial charge is 0.389 e. The second-order valence-electron chi connectivity index (χ2n) is 9.47. The fourth-order valence-corrected chi connectivity index (χ4v) is 5.79. The first-order valence-electron chi connectivity index (χ1n) is 11.3. The number of benzene rings is 1. The number of carbonyl (C=O) groups excluding carboxylic acids is 1. The van der Waals surface area contributed by atoms with Gasteiger partial charge in [0.25, 0.3) is 5.91 Å². The third-order valence-corrected chi connectivity index (χ3v) is 7.37. The van der Waals surface area contributed by atoms with Crippen molar-refractivity contribution < 1.29 is 14.3 Å². The van der Waals surface area contributed by atoms with Gasteiger partial charge in [0.2, 0.25) is 0 Å². The molecule has 2 atom stereocenters. The molecule has 2 unspecified atom stereocenters. The minimum atomic E-state index is -0.984. The lowest BCUT2D eigenvalue weighted by molar-refractivity contribution is 0.0698. The molecule has 182 valence electrons. The molecule has 0 saturated heterocycles. The zero-order valence-corrected chi connectivity index (χ0v) is 20.2. The molecule has 0 radical (unpaired) electrons. The maximum Gasteiger partial charge on any atom is 0.261 e. The van der Waals surface area contributed by atoms with Gasteiger partial charge in [-0.15, -0.1) is 0 Å². The Balaban J connectivity index is 1.54. The van der Waals surface area contributed by atoms with E-state index < -0.39 is 17.3 Å². The first kappa shape index (κ1) is 24.2. The van der Waals surface area contributed by atoms with Crippen LogP contribution in [-0.4, -0.2) is 39.2 Å². The molecule has 4 rings (SSSR count). The van der Waals surface area contributed by atoms with Crippen LogP contribution in [0.2, 0.25) is 5.02 Å². The number of aromatic nitrogens is 2. The Morgan fingerprint density at radius 3 is 2.59 bits per heavy atom. The molecule has 0 bridgehead atoms. The first-order chi connectivity index (χ1) is 16.0. The number of amides is 1. The van der Waals surface area contributed by atoms with E-state index in [0.29, 0.717) is 41.2 Å². The number of hydrogen-bond donors (Lipinski definition) is 5. The summed E-state index contributed by atoms with van der Waals surface area (Å²) in [6, 6.07) is 3.98. The number of aryl methyl sites for hydroxylation is 1. The molecule has 0 aliphatic heterocycles. The smallest absolute Gasteiger partial charge is 0.261 e. The minimum absolute atomic E-state index is 0.0343. The summed E-state index contributed by atoms with van der Waals surface area (Å²) < 4.78 is 15.0. The Morgan fingerprint density at radius 1 is 1.38 bits per heavy atom. The Kier molecular flexibility index (Phi) is 6.44. The molecule has 2 aliphatic carbocycles. The maximum atomic E-state index is 13.5. The van der Waals surface area contributed by atoms with Gasteiger partial charge in [-0.25, -0.2) is 4.39 Å². The second kappa shape index (κ2) is 9.03. The molecule has 6 N–H and O–H groups in total. The summed E-state index contributed by atoms with van der Waals surface area (Å²) in [7, 11) is 3.46. The quantitative estimate of drug-likeness (QED) is 0.395. The van der Waals surface area contributed by atoms with E-state index in [1.807, 2.05) is 0 Å². The van der Waals surface area contributed by atoms with Crippen molar-refractivity contribution in [2.75, 3.05) is 18.1 Å². The van der Waals surface area contributed by atoms with Crippen LogP contribution in [0.25, 0.3) is 0 Å². The first-order valence-corrected chi connectivity index (χ1v) is 11.7. The number of nitrogens with two attached hydrogens (primary N) is 1. The Bertz CT molecular complexity index is 1160. The van der Waals surface area contributed by atoms with Crippen molar-refractivity contribution in [1.29, 1.82) is 5.41 Å². The third kappa shape index (κ3) is 4.42. The lowest BCUT2D eigenvalue weighted by Gasteiger charge is -2.28. The molecule has 10 heteroatoms. The molecule has 34 heavy (non-hydrogen) atoms.